The smallest absolute Gasteiger partial charge is 0.123 e. The van der Waals surface area contributed by atoms with Gasteiger partial charge in [0.15, 0.2) is 0 Å². The van der Waals surface area contributed by atoms with E-state index < -0.39 is 0 Å². The maximum Gasteiger partial charge on any atom is 0.123 e. The van der Waals surface area contributed by atoms with E-state index in [0.29, 0.717) is 0 Å². The van der Waals surface area contributed by atoms with Crippen LogP contribution < -0.4 is 5.32 Å². The summed E-state index contributed by atoms with van der Waals surface area (Å²) in [5, 5.41) is 7.12. The molecule has 3 nitrogen and oxygen atoms in total. The molecule has 4 rings (SSSR count). The molecule has 1 aromatic carbocycles. The molecule has 0 spiro atoms. The van der Waals surface area contributed by atoms with E-state index in [9.17, 15) is 0 Å². The van der Waals surface area contributed by atoms with Gasteiger partial charge in [-0.1, -0.05) is 30.3 Å². The summed E-state index contributed by atoms with van der Waals surface area (Å²) in [5.41, 5.74) is 2.45. The van der Waals surface area contributed by atoms with E-state index >= 15 is 0 Å². The average molecular weight is 364 g/mol. The average Bonchev–Trinajstić information content (AvgIpc) is 3.32. The maximum absolute atomic E-state index is 4.82. The molecule has 0 unspecified atom stereocenters. The predicted octanol–water partition coefficient (Wildman–Crippen LogP) is 4.20. The summed E-state index contributed by atoms with van der Waals surface area (Å²) in [6, 6.07) is 11.2. The van der Waals surface area contributed by atoms with Gasteiger partial charge in [0.25, 0.3) is 0 Å². The molecule has 2 aromatic rings. The molecule has 2 fully saturated rings. The Kier molecular flexibility index (Phi) is 6.28. The Morgan fingerprint density at radius 3 is 2.54 bits per heavy atom. The van der Waals surface area contributed by atoms with Crippen molar-refractivity contribution in [1.29, 1.82) is 0 Å². The summed E-state index contributed by atoms with van der Waals surface area (Å²) in [7, 11) is 0. The van der Waals surface area contributed by atoms with Gasteiger partial charge < -0.3 is 5.32 Å². The van der Waals surface area contributed by atoms with Crippen LogP contribution in [0.15, 0.2) is 35.7 Å². The third kappa shape index (κ3) is 4.79. The highest BCUT2D eigenvalue weighted by molar-refractivity contribution is 7.13. The molecule has 2 aliphatic rings. The Morgan fingerprint density at radius 1 is 1.08 bits per heavy atom. The van der Waals surface area contributed by atoms with Crippen LogP contribution in [0.3, 0.4) is 0 Å². The van der Waals surface area contributed by atoms with Gasteiger partial charge in [-0.15, -0.1) is 23.7 Å². The Morgan fingerprint density at radius 2 is 1.83 bits per heavy atom. The van der Waals surface area contributed by atoms with E-state index in [2.05, 4.69) is 45.9 Å². The van der Waals surface area contributed by atoms with Crippen molar-refractivity contribution < 1.29 is 0 Å². The molecular weight excluding hydrogens is 338 g/mol. The second-order valence-electron chi connectivity index (χ2n) is 6.91. The molecule has 130 valence electrons. The summed E-state index contributed by atoms with van der Waals surface area (Å²) in [6.45, 7) is 4.64. The van der Waals surface area contributed by atoms with Crippen molar-refractivity contribution in [3.05, 3.63) is 41.4 Å². The Hall–Kier alpha value is -0.940. The molecule has 1 aliphatic heterocycles. The Labute approximate surface area is 154 Å². The first-order valence-electron chi connectivity index (χ1n) is 8.82. The molecule has 1 saturated carbocycles. The fraction of sp³-hybridized carbons (Fsp3) is 0.526. The number of aromatic nitrogens is 1. The van der Waals surface area contributed by atoms with Crippen LogP contribution in [0, 0.1) is 5.92 Å². The van der Waals surface area contributed by atoms with Crippen molar-refractivity contribution in [2.24, 2.45) is 5.92 Å². The van der Waals surface area contributed by atoms with Crippen LogP contribution in [0.25, 0.3) is 10.6 Å². The van der Waals surface area contributed by atoms with Crippen LogP contribution in [0.2, 0.25) is 0 Å². The minimum Gasteiger partial charge on any atom is -0.314 e. The minimum atomic E-state index is 0. The lowest BCUT2D eigenvalue weighted by atomic mass is 10.0. The summed E-state index contributed by atoms with van der Waals surface area (Å²) in [6.07, 6.45) is 5.45. The fourth-order valence-corrected chi connectivity index (χ4v) is 4.09. The highest BCUT2D eigenvalue weighted by Crippen LogP contribution is 2.28. The van der Waals surface area contributed by atoms with Gasteiger partial charge in [-0.2, -0.15) is 0 Å². The van der Waals surface area contributed by atoms with E-state index in [0.717, 1.165) is 23.5 Å². The maximum atomic E-state index is 4.82. The summed E-state index contributed by atoms with van der Waals surface area (Å²) in [5.74, 6) is 0.986. The largest absolute Gasteiger partial charge is 0.314 e. The molecule has 1 saturated heterocycles. The van der Waals surface area contributed by atoms with Crippen LogP contribution in [-0.4, -0.2) is 35.6 Å². The SMILES string of the molecule is Cl.c1ccc(-c2nc(CN3CCC(NCC4CC4)CC3)cs2)cc1. The highest BCUT2D eigenvalue weighted by Gasteiger charge is 2.24. The minimum absolute atomic E-state index is 0. The molecule has 0 bridgehead atoms. The van der Waals surface area contributed by atoms with Crippen molar-refractivity contribution in [1.82, 2.24) is 15.2 Å². The monoisotopic (exact) mass is 363 g/mol. The van der Waals surface area contributed by atoms with Crippen molar-refractivity contribution in [2.75, 3.05) is 19.6 Å². The summed E-state index contributed by atoms with van der Waals surface area (Å²) < 4.78 is 0. The normalized spacial score (nSPS) is 19.2. The fourth-order valence-electron chi connectivity index (χ4n) is 3.27. The van der Waals surface area contributed by atoms with E-state index in [1.165, 1.54) is 56.6 Å². The number of thiazole rings is 1. The zero-order valence-corrected chi connectivity index (χ0v) is 15.6. The van der Waals surface area contributed by atoms with Gasteiger partial charge in [-0.05, 0) is 38.1 Å². The van der Waals surface area contributed by atoms with E-state index in [-0.39, 0.29) is 12.4 Å². The molecule has 1 N–H and O–H groups in total. The van der Waals surface area contributed by atoms with Crippen LogP contribution in [0.5, 0.6) is 0 Å². The number of hydrogen-bond donors (Lipinski definition) is 1. The van der Waals surface area contributed by atoms with Crippen molar-refractivity contribution in [3.63, 3.8) is 0 Å². The standard InChI is InChI=1S/C19H25N3S.ClH/c1-2-4-16(5-3-1)19-21-18(14-23-19)13-22-10-8-17(9-11-22)20-12-15-6-7-15;/h1-5,14-15,17,20H,6-13H2;1H. The molecule has 1 aliphatic carbocycles. The first-order chi connectivity index (χ1) is 11.4. The van der Waals surface area contributed by atoms with Gasteiger partial charge in [0, 0.05) is 36.6 Å². The number of rotatable bonds is 6. The second kappa shape index (κ2) is 8.43. The number of benzene rings is 1. The Bertz CT molecular complexity index is 619. The van der Waals surface area contributed by atoms with E-state index in [1.54, 1.807) is 11.3 Å². The number of halogens is 1. The van der Waals surface area contributed by atoms with Crippen LogP contribution in [0.4, 0.5) is 0 Å². The van der Waals surface area contributed by atoms with Crippen molar-refractivity contribution in [3.8, 4) is 10.6 Å². The zero-order valence-electron chi connectivity index (χ0n) is 14.0. The molecule has 0 atom stereocenters. The first-order valence-corrected chi connectivity index (χ1v) is 9.70. The number of nitrogens with one attached hydrogen (secondary N) is 1. The van der Waals surface area contributed by atoms with Crippen molar-refractivity contribution in [2.45, 2.75) is 38.3 Å². The summed E-state index contributed by atoms with van der Waals surface area (Å²) in [4.78, 5) is 7.38. The lowest BCUT2D eigenvalue weighted by Crippen LogP contribution is -2.42. The van der Waals surface area contributed by atoms with Gasteiger partial charge in [-0.25, -0.2) is 4.98 Å². The molecule has 5 heteroatoms. The number of hydrogen-bond acceptors (Lipinski definition) is 4. The molecule has 24 heavy (non-hydrogen) atoms. The van der Waals surface area contributed by atoms with Crippen LogP contribution >= 0.6 is 23.7 Å². The number of likely N-dealkylation sites (tertiary alicyclic amines) is 1. The summed E-state index contributed by atoms with van der Waals surface area (Å²) >= 11 is 1.76. The molecule has 2 heterocycles. The van der Waals surface area contributed by atoms with E-state index in [1.807, 2.05) is 0 Å². The quantitative estimate of drug-likeness (QED) is 0.833. The second-order valence-corrected chi connectivity index (χ2v) is 7.77. The first kappa shape index (κ1) is 17.9. The third-order valence-corrected chi connectivity index (χ3v) is 5.88. The molecule has 0 radical (unpaired) electrons. The lowest BCUT2D eigenvalue weighted by Gasteiger charge is -2.32. The van der Waals surface area contributed by atoms with Crippen LogP contribution in [0.1, 0.15) is 31.4 Å². The van der Waals surface area contributed by atoms with Gasteiger partial charge in [0.1, 0.15) is 5.01 Å². The van der Waals surface area contributed by atoms with Crippen molar-refractivity contribution >= 4 is 23.7 Å². The topological polar surface area (TPSA) is 28.2 Å². The van der Waals surface area contributed by atoms with Gasteiger partial charge in [0.05, 0.1) is 5.69 Å². The number of nitrogens with zero attached hydrogens (tertiary/aromatic N) is 2. The Balaban J connectivity index is 0.00000169. The van der Waals surface area contributed by atoms with E-state index in [4.69, 9.17) is 4.98 Å². The van der Waals surface area contributed by atoms with Gasteiger partial charge >= 0.3 is 0 Å². The molecule has 1 aromatic heterocycles. The molecule has 0 amide bonds. The van der Waals surface area contributed by atoms with Gasteiger partial charge in [-0.3, -0.25) is 4.90 Å². The molecular formula is C19H26ClN3S. The number of piperidine rings is 1. The third-order valence-electron chi connectivity index (χ3n) is 4.94. The van der Waals surface area contributed by atoms with Crippen LogP contribution in [-0.2, 0) is 6.54 Å². The lowest BCUT2D eigenvalue weighted by molar-refractivity contribution is 0.188. The zero-order chi connectivity index (χ0) is 15.5. The highest BCUT2D eigenvalue weighted by atomic mass is 35.5. The predicted molar refractivity (Wildman–Crippen MR) is 104 cm³/mol. The van der Waals surface area contributed by atoms with Gasteiger partial charge in [0.2, 0.25) is 0 Å².